The Bertz CT molecular complexity index is 1160. The molecule has 38 heavy (non-hydrogen) atoms. The molecule has 2 aromatic carbocycles. The topological polar surface area (TPSA) is 86.2 Å². The normalized spacial score (nSPS) is 35.7. The first kappa shape index (κ1) is 25.7. The molecule has 204 valence electrons. The Balaban J connectivity index is 1.11. The molecule has 1 amide bonds. The second-order valence-electron chi connectivity index (χ2n) is 12.1. The van der Waals surface area contributed by atoms with Crippen molar-refractivity contribution in [1.29, 1.82) is 0 Å². The zero-order valence-electron chi connectivity index (χ0n) is 22.4. The largest absolute Gasteiger partial charge is 0.454 e. The monoisotopic (exact) mass is 521 g/mol. The molecule has 0 unspecified atom stereocenters. The van der Waals surface area contributed by atoms with Crippen molar-refractivity contribution < 1.29 is 28.8 Å². The number of hydrogen-bond acceptors (Lipinski definition) is 6. The summed E-state index contributed by atoms with van der Waals surface area (Å²) in [4.78, 5) is 13.1. The van der Waals surface area contributed by atoms with Crippen molar-refractivity contribution in [2.24, 2.45) is 22.7 Å². The molecule has 2 aromatic rings. The number of carbonyl (C=O) groups excluding carboxylic acids is 1. The van der Waals surface area contributed by atoms with Crippen LogP contribution in [-0.4, -0.2) is 42.9 Å². The molecule has 3 fully saturated rings. The molecule has 2 aliphatic heterocycles. The van der Waals surface area contributed by atoms with Gasteiger partial charge in [0.1, 0.15) is 0 Å². The second-order valence-corrected chi connectivity index (χ2v) is 12.1. The lowest BCUT2D eigenvalue weighted by Gasteiger charge is -2.63. The van der Waals surface area contributed by atoms with E-state index in [4.69, 9.17) is 18.9 Å². The molecular formula is C31H39NO6. The standard InChI is InChI=1S/C31H39NO6/c1-30-13-12-27-31(2,18-35-29(38-27)15-20-6-4-3-5-7-20)26(30)11-9-23(33)22(30)16-28(34)32-17-21-8-10-24-25(14-21)37-19-36-24/h3-8,10,14,22-23,26-27,29,33H,9,11-13,15-19H2,1-2H3,(H,32,34)/t22-,23-,26+,27-,29-,30+,31+/m1/s1. The lowest BCUT2D eigenvalue weighted by molar-refractivity contribution is -0.308. The van der Waals surface area contributed by atoms with Crippen LogP contribution in [0.25, 0.3) is 0 Å². The maximum absolute atomic E-state index is 13.1. The van der Waals surface area contributed by atoms with Crippen molar-refractivity contribution in [2.45, 2.75) is 77.4 Å². The fourth-order valence-electron chi connectivity index (χ4n) is 7.72. The molecule has 4 aliphatic rings. The van der Waals surface area contributed by atoms with E-state index in [1.165, 1.54) is 5.56 Å². The van der Waals surface area contributed by atoms with Crippen molar-refractivity contribution in [3.63, 3.8) is 0 Å². The second kappa shape index (κ2) is 10.2. The summed E-state index contributed by atoms with van der Waals surface area (Å²) in [5.74, 6) is 1.64. The van der Waals surface area contributed by atoms with E-state index < -0.39 is 6.10 Å². The Kier molecular flexibility index (Phi) is 6.87. The van der Waals surface area contributed by atoms with Gasteiger partial charge in [-0.3, -0.25) is 4.79 Å². The Morgan fingerprint density at radius 1 is 1.00 bits per heavy atom. The number of amides is 1. The molecule has 0 spiro atoms. The molecule has 2 N–H and O–H groups in total. The predicted molar refractivity (Wildman–Crippen MR) is 141 cm³/mol. The van der Waals surface area contributed by atoms with Crippen molar-refractivity contribution in [2.75, 3.05) is 13.4 Å². The zero-order chi connectivity index (χ0) is 26.3. The summed E-state index contributed by atoms with van der Waals surface area (Å²) in [6, 6.07) is 16.1. The van der Waals surface area contributed by atoms with Gasteiger partial charge in [-0.15, -0.1) is 0 Å². The van der Waals surface area contributed by atoms with E-state index in [9.17, 15) is 9.90 Å². The van der Waals surface area contributed by atoms with E-state index in [1.807, 2.05) is 36.4 Å². The SMILES string of the molecule is C[C@@]12CO[C@@H](Cc3ccccc3)O[C@@H]1CC[C@]1(C)[C@@H]2CC[C@@H](O)[C@H]1CC(=O)NCc1ccc2c(c1)OCO2. The molecule has 2 aliphatic carbocycles. The maximum Gasteiger partial charge on any atom is 0.231 e. The van der Waals surface area contributed by atoms with Crippen LogP contribution in [0, 0.1) is 22.7 Å². The van der Waals surface area contributed by atoms with Crippen LogP contribution in [0.1, 0.15) is 57.1 Å². The number of ether oxygens (including phenoxy) is 4. The summed E-state index contributed by atoms with van der Waals surface area (Å²) in [7, 11) is 0. The molecule has 2 heterocycles. The van der Waals surface area contributed by atoms with Crippen LogP contribution in [0.15, 0.2) is 48.5 Å². The molecule has 7 atom stereocenters. The number of aliphatic hydroxyl groups excluding tert-OH is 1. The van der Waals surface area contributed by atoms with Crippen LogP contribution in [0.5, 0.6) is 11.5 Å². The summed E-state index contributed by atoms with van der Waals surface area (Å²) >= 11 is 0. The lowest BCUT2D eigenvalue weighted by Crippen LogP contribution is -2.63. The van der Waals surface area contributed by atoms with Crippen molar-refractivity contribution in [3.05, 3.63) is 59.7 Å². The fourth-order valence-corrected chi connectivity index (χ4v) is 7.72. The molecule has 7 heteroatoms. The van der Waals surface area contributed by atoms with Crippen LogP contribution in [0.2, 0.25) is 0 Å². The van der Waals surface area contributed by atoms with Gasteiger partial charge in [0.25, 0.3) is 0 Å². The van der Waals surface area contributed by atoms with E-state index in [1.54, 1.807) is 0 Å². The number of hydrogen-bond donors (Lipinski definition) is 2. The molecular weight excluding hydrogens is 482 g/mol. The molecule has 7 nitrogen and oxygen atoms in total. The van der Waals surface area contributed by atoms with Crippen molar-refractivity contribution >= 4 is 5.91 Å². The predicted octanol–water partition coefficient (Wildman–Crippen LogP) is 4.60. The van der Waals surface area contributed by atoms with Gasteiger partial charge in [-0.1, -0.05) is 50.2 Å². The first-order valence-electron chi connectivity index (χ1n) is 14.0. The van der Waals surface area contributed by atoms with Crippen molar-refractivity contribution in [1.82, 2.24) is 5.32 Å². The molecule has 1 saturated heterocycles. The average molecular weight is 522 g/mol. The Morgan fingerprint density at radius 3 is 2.66 bits per heavy atom. The smallest absolute Gasteiger partial charge is 0.231 e. The van der Waals surface area contributed by atoms with Crippen molar-refractivity contribution in [3.8, 4) is 11.5 Å². The van der Waals surface area contributed by atoms with Gasteiger partial charge in [-0.05, 0) is 66.2 Å². The van der Waals surface area contributed by atoms with Gasteiger partial charge in [-0.2, -0.15) is 0 Å². The maximum atomic E-state index is 13.1. The molecule has 2 saturated carbocycles. The highest BCUT2D eigenvalue weighted by molar-refractivity contribution is 5.76. The van der Waals surface area contributed by atoms with Gasteiger partial charge in [0.2, 0.25) is 12.7 Å². The summed E-state index contributed by atoms with van der Waals surface area (Å²) in [5.41, 5.74) is 1.89. The third-order valence-electron chi connectivity index (χ3n) is 9.81. The minimum atomic E-state index is -0.482. The van der Waals surface area contributed by atoms with E-state index in [-0.39, 0.29) is 41.8 Å². The number of nitrogens with one attached hydrogen (secondary N) is 1. The lowest BCUT2D eigenvalue weighted by atomic mass is 9.46. The number of rotatable bonds is 6. The minimum absolute atomic E-state index is 0.0278. The fraction of sp³-hybridized carbons (Fsp3) is 0.581. The Morgan fingerprint density at radius 2 is 1.82 bits per heavy atom. The van der Waals surface area contributed by atoms with E-state index in [0.29, 0.717) is 37.7 Å². The van der Waals surface area contributed by atoms with Gasteiger partial charge < -0.3 is 29.4 Å². The quantitative estimate of drug-likeness (QED) is 0.578. The Hall–Kier alpha value is -2.61. The summed E-state index contributed by atoms with van der Waals surface area (Å²) < 4.78 is 23.7. The first-order chi connectivity index (χ1) is 18.3. The first-order valence-corrected chi connectivity index (χ1v) is 14.0. The highest BCUT2D eigenvalue weighted by Gasteiger charge is 2.61. The average Bonchev–Trinajstić information content (AvgIpc) is 3.38. The van der Waals surface area contributed by atoms with E-state index >= 15 is 0 Å². The van der Waals surface area contributed by atoms with Gasteiger partial charge in [0.05, 0.1) is 18.8 Å². The van der Waals surface area contributed by atoms with Gasteiger partial charge >= 0.3 is 0 Å². The van der Waals surface area contributed by atoms with Gasteiger partial charge in [0, 0.05) is 24.8 Å². The van der Waals surface area contributed by atoms with E-state index in [0.717, 1.165) is 37.0 Å². The van der Waals surface area contributed by atoms with Crippen LogP contribution in [0.3, 0.4) is 0 Å². The molecule has 0 bridgehead atoms. The number of benzene rings is 2. The van der Waals surface area contributed by atoms with E-state index in [2.05, 4.69) is 31.3 Å². The highest BCUT2D eigenvalue weighted by atomic mass is 16.7. The third kappa shape index (κ3) is 4.69. The van der Waals surface area contributed by atoms with Crippen LogP contribution < -0.4 is 14.8 Å². The minimum Gasteiger partial charge on any atom is -0.454 e. The number of aliphatic hydroxyl groups is 1. The van der Waals surface area contributed by atoms with Crippen LogP contribution >= 0.6 is 0 Å². The molecule has 6 rings (SSSR count). The van der Waals surface area contributed by atoms with Crippen LogP contribution in [-0.2, 0) is 27.2 Å². The Labute approximate surface area is 224 Å². The van der Waals surface area contributed by atoms with Gasteiger partial charge in [-0.25, -0.2) is 0 Å². The molecule has 0 radical (unpaired) electrons. The summed E-state index contributed by atoms with van der Waals surface area (Å²) in [6.07, 6.45) is 3.96. The summed E-state index contributed by atoms with van der Waals surface area (Å²) in [6.45, 7) is 5.88. The number of fused-ring (bicyclic) bond motifs is 4. The number of carbonyl (C=O) groups is 1. The summed E-state index contributed by atoms with van der Waals surface area (Å²) in [5, 5.41) is 14.2. The third-order valence-corrected chi connectivity index (χ3v) is 9.81. The highest BCUT2D eigenvalue weighted by Crippen LogP contribution is 2.62. The molecule has 0 aromatic heterocycles. The van der Waals surface area contributed by atoms with Crippen LogP contribution in [0.4, 0.5) is 0 Å². The zero-order valence-corrected chi connectivity index (χ0v) is 22.4. The van der Waals surface area contributed by atoms with Gasteiger partial charge in [0.15, 0.2) is 17.8 Å².